The third-order valence-electron chi connectivity index (χ3n) is 3.48. The molecule has 0 aliphatic carbocycles. The molecule has 0 radical (unpaired) electrons. The van der Waals surface area contributed by atoms with Gasteiger partial charge in [0.1, 0.15) is 17.0 Å². The molecule has 2 heterocycles. The summed E-state index contributed by atoms with van der Waals surface area (Å²) in [4.78, 5) is 20.6. The van der Waals surface area contributed by atoms with E-state index in [-0.39, 0.29) is 17.1 Å². The Morgan fingerprint density at radius 3 is 2.76 bits per heavy atom. The molecule has 3 rings (SSSR count). The molecule has 0 aliphatic heterocycles. The van der Waals surface area contributed by atoms with Crippen molar-refractivity contribution in [3.05, 3.63) is 47.9 Å². The van der Waals surface area contributed by atoms with Gasteiger partial charge in [0.05, 0.1) is 6.20 Å². The van der Waals surface area contributed by atoms with Crippen LogP contribution in [0, 0.1) is 6.92 Å². The molecule has 0 bridgehead atoms. The second-order valence-electron chi connectivity index (χ2n) is 5.37. The molecular weight excluding hydrogens is 337 g/mol. The number of alkyl halides is 3. The van der Waals surface area contributed by atoms with Gasteiger partial charge >= 0.3 is 6.36 Å². The van der Waals surface area contributed by atoms with E-state index in [0.29, 0.717) is 16.7 Å². The maximum Gasteiger partial charge on any atom is 0.573 e. The molecule has 0 unspecified atom stereocenters. The van der Waals surface area contributed by atoms with Crippen LogP contribution in [-0.2, 0) is 7.05 Å². The van der Waals surface area contributed by atoms with Gasteiger partial charge in [-0.15, -0.1) is 13.2 Å². The van der Waals surface area contributed by atoms with Crippen LogP contribution in [0.1, 0.15) is 16.1 Å². The summed E-state index contributed by atoms with van der Waals surface area (Å²) in [5.74, 6) is -0.966. The average molecular weight is 350 g/mol. The van der Waals surface area contributed by atoms with Crippen LogP contribution >= 0.6 is 0 Å². The van der Waals surface area contributed by atoms with Crippen LogP contribution in [0.4, 0.5) is 18.9 Å². The number of benzene rings is 1. The van der Waals surface area contributed by atoms with Crippen molar-refractivity contribution in [3.63, 3.8) is 0 Å². The van der Waals surface area contributed by atoms with E-state index in [9.17, 15) is 18.0 Å². The summed E-state index contributed by atoms with van der Waals surface area (Å²) in [6, 6.07) is 5.76. The highest BCUT2D eigenvalue weighted by Crippen LogP contribution is 2.28. The molecule has 1 aromatic carbocycles. The lowest BCUT2D eigenvalue weighted by molar-refractivity contribution is -0.274. The number of hydrogen-bond donors (Lipinski definition) is 1. The Morgan fingerprint density at radius 1 is 1.28 bits per heavy atom. The van der Waals surface area contributed by atoms with Crippen molar-refractivity contribution < 1.29 is 22.7 Å². The number of aromatic nitrogens is 3. The molecular formula is C16H13F3N4O2. The molecule has 0 atom stereocenters. The van der Waals surface area contributed by atoms with Gasteiger partial charge in [-0.05, 0) is 24.6 Å². The maximum atomic E-state index is 12.4. The molecule has 0 saturated carbocycles. The topological polar surface area (TPSA) is 69.0 Å². The molecule has 3 aromatic rings. The van der Waals surface area contributed by atoms with Gasteiger partial charge in [-0.1, -0.05) is 6.07 Å². The molecule has 0 saturated heterocycles. The van der Waals surface area contributed by atoms with Crippen LogP contribution < -0.4 is 10.1 Å². The fraction of sp³-hybridized carbons (Fsp3) is 0.188. The number of halogens is 3. The van der Waals surface area contributed by atoms with Crippen LogP contribution in [0.5, 0.6) is 5.75 Å². The number of carbonyl (C=O) groups is 1. The summed E-state index contributed by atoms with van der Waals surface area (Å²) < 4.78 is 42.9. The minimum absolute atomic E-state index is 0.0492. The predicted molar refractivity (Wildman–Crippen MR) is 84.3 cm³/mol. The smallest absolute Gasteiger partial charge is 0.405 e. The highest BCUT2D eigenvalue weighted by molar-refractivity contribution is 6.03. The zero-order valence-corrected chi connectivity index (χ0v) is 13.3. The first-order valence-electron chi connectivity index (χ1n) is 7.19. The van der Waals surface area contributed by atoms with Crippen molar-refractivity contribution >= 4 is 22.8 Å². The molecule has 130 valence electrons. The molecule has 2 aromatic heterocycles. The Labute approximate surface area is 140 Å². The molecule has 0 fully saturated rings. The zero-order valence-electron chi connectivity index (χ0n) is 13.3. The van der Waals surface area contributed by atoms with Gasteiger partial charge < -0.3 is 14.6 Å². The van der Waals surface area contributed by atoms with Gasteiger partial charge in [0.15, 0.2) is 5.65 Å². The highest BCUT2D eigenvalue weighted by atomic mass is 19.4. The second kappa shape index (κ2) is 6.08. The van der Waals surface area contributed by atoms with Crippen molar-refractivity contribution in [3.8, 4) is 5.75 Å². The molecule has 9 heteroatoms. The summed E-state index contributed by atoms with van der Waals surface area (Å²) >= 11 is 0. The standard InChI is InChI=1S/C16H13F3N4O2/c1-9-3-4-10(7-13(9)25-16(17,18)19)21-15(24)12-8-20-11-5-6-23(2)14(11)22-12/h3-8H,1-2H3,(H,21,24). The van der Waals surface area contributed by atoms with Crippen LogP contribution in [0.3, 0.4) is 0 Å². The fourth-order valence-electron chi connectivity index (χ4n) is 2.24. The van der Waals surface area contributed by atoms with Crippen molar-refractivity contribution in [2.75, 3.05) is 5.32 Å². The minimum Gasteiger partial charge on any atom is -0.405 e. The van der Waals surface area contributed by atoms with Gasteiger partial charge in [0.25, 0.3) is 5.91 Å². The number of anilines is 1. The highest BCUT2D eigenvalue weighted by Gasteiger charge is 2.31. The maximum absolute atomic E-state index is 12.4. The Morgan fingerprint density at radius 2 is 2.04 bits per heavy atom. The molecule has 0 aliphatic rings. The summed E-state index contributed by atoms with van der Waals surface area (Å²) in [6.45, 7) is 1.47. The van der Waals surface area contributed by atoms with Crippen LogP contribution in [0.2, 0.25) is 0 Å². The third-order valence-corrected chi connectivity index (χ3v) is 3.48. The first kappa shape index (κ1) is 16.7. The zero-order chi connectivity index (χ0) is 18.2. The molecule has 0 spiro atoms. The van der Waals surface area contributed by atoms with Crippen molar-refractivity contribution in [2.45, 2.75) is 13.3 Å². The number of ether oxygens (including phenoxy) is 1. The second-order valence-corrected chi connectivity index (χ2v) is 5.37. The fourth-order valence-corrected chi connectivity index (χ4v) is 2.24. The van der Waals surface area contributed by atoms with Gasteiger partial charge in [-0.2, -0.15) is 0 Å². The summed E-state index contributed by atoms with van der Waals surface area (Å²) in [5, 5.41) is 2.49. The van der Waals surface area contributed by atoms with Crippen molar-refractivity contribution in [1.82, 2.24) is 14.5 Å². The average Bonchev–Trinajstić information content (AvgIpc) is 2.90. The van der Waals surface area contributed by atoms with Crippen molar-refractivity contribution in [2.24, 2.45) is 7.05 Å². The molecule has 1 N–H and O–H groups in total. The Kier molecular flexibility index (Phi) is 4.07. The van der Waals surface area contributed by atoms with Crippen LogP contribution in [-0.4, -0.2) is 26.8 Å². The summed E-state index contributed by atoms with van der Waals surface area (Å²) in [5.41, 5.74) is 1.66. The Balaban J connectivity index is 1.84. The van der Waals surface area contributed by atoms with Crippen LogP contribution in [0.15, 0.2) is 36.7 Å². The van der Waals surface area contributed by atoms with E-state index in [1.807, 2.05) is 0 Å². The summed E-state index contributed by atoms with van der Waals surface area (Å²) in [7, 11) is 1.76. The van der Waals surface area contributed by atoms with Gasteiger partial charge in [-0.25, -0.2) is 4.98 Å². The predicted octanol–water partition coefficient (Wildman–Crippen LogP) is 3.43. The Hall–Kier alpha value is -3.10. The lowest BCUT2D eigenvalue weighted by atomic mass is 10.2. The van der Waals surface area contributed by atoms with E-state index in [1.165, 1.54) is 25.3 Å². The third kappa shape index (κ3) is 3.70. The number of rotatable bonds is 3. The number of hydrogen-bond acceptors (Lipinski definition) is 4. The van der Waals surface area contributed by atoms with Gasteiger partial charge in [-0.3, -0.25) is 9.78 Å². The first-order chi connectivity index (χ1) is 11.7. The van der Waals surface area contributed by atoms with Gasteiger partial charge in [0, 0.05) is 25.0 Å². The lowest BCUT2D eigenvalue weighted by Gasteiger charge is -2.13. The molecule has 6 nitrogen and oxygen atoms in total. The van der Waals surface area contributed by atoms with E-state index in [0.717, 1.165) is 6.07 Å². The normalized spacial score (nSPS) is 11.6. The first-order valence-corrected chi connectivity index (χ1v) is 7.19. The number of fused-ring (bicyclic) bond motifs is 1. The van der Waals surface area contributed by atoms with E-state index < -0.39 is 12.3 Å². The number of nitrogens with zero attached hydrogens (tertiary/aromatic N) is 3. The Bertz CT molecular complexity index is 950. The SMILES string of the molecule is Cc1ccc(NC(=O)c2cnc3ccn(C)c3n2)cc1OC(F)(F)F. The summed E-state index contributed by atoms with van der Waals surface area (Å²) in [6.07, 6.45) is -1.75. The van der Waals surface area contributed by atoms with E-state index in [1.54, 1.807) is 23.9 Å². The van der Waals surface area contributed by atoms with E-state index >= 15 is 0 Å². The minimum atomic E-state index is -4.81. The molecule has 1 amide bonds. The number of amides is 1. The molecule has 25 heavy (non-hydrogen) atoms. The van der Waals surface area contributed by atoms with E-state index in [4.69, 9.17) is 0 Å². The van der Waals surface area contributed by atoms with Crippen LogP contribution in [0.25, 0.3) is 11.2 Å². The number of nitrogens with one attached hydrogen (secondary N) is 1. The quantitative estimate of drug-likeness (QED) is 0.786. The largest absolute Gasteiger partial charge is 0.573 e. The van der Waals surface area contributed by atoms with E-state index in [2.05, 4.69) is 20.0 Å². The lowest BCUT2D eigenvalue weighted by Crippen LogP contribution is -2.18. The van der Waals surface area contributed by atoms with Gasteiger partial charge in [0.2, 0.25) is 0 Å². The number of carbonyl (C=O) groups excluding carboxylic acids is 1. The van der Waals surface area contributed by atoms with Crippen molar-refractivity contribution in [1.29, 1.82) is 0 Å². The monoisotopic (exact) mass is 350 g/mol. The number of aryl methyl sites for hydroxylation is 2.